The Morgan fingerprint density at radius 2 is 1.00 bits per heavy atom. The number of carbonyl (C=O) groups is 2. The normalized spacial score (nSPS) is 8.58. The molecule has 130 valence electrons. The quantitative estimate of drug-likeness (QED) is 0.608. The summed E-state index contributed by atoms with van der Waals surface area (Å²) in [6.45, 7) is 4.36. The third kappa shape index (κ3) is 12.7. The largest absolute Gasteiger partial charge is 0.465 e. The van der Waals surface area contributed by atoms with E-state index in [0.29, 0.717) is 11.4 Å². The molecular formula is C18H24N2O4. The molecule has 0 spiro atoms. The number of hydrogen-bond donors (Lipinski definition) is 4. The molecule has 6 heteroatoms. The van der Waals surface area contributed by atoms with Crippen LogP contribution >= 0.6 is 0 Å². The van der Waals surface area contributed by atoms with Crippen LogP contribution in [0.5, 0.6) is 0 Å². The van der Waals surface area contributed by atoms with Crippen molar-refractivity contribution in [1.82, 2.24) is 0 Å². The van der Waals surface area contributed by atoms with Crippen molar-refractivity contribution in [3.8, 4) is 0 Å². The number of carboxylic acid groups (broad SMARTS) is 2. The lowest BCUT2D eigenvalue weighted by molar-refractivity contribution is 0.208. The smallest absolute Gasteiger partial charge is 0.409 e. The minimum absolute atomic E-state index is 0.593. The number of rotatable bonds is 3. The molecule has 2 amide bonds. The first-order valence-electron chi connectivity index (χ1n) is 7.59. The van der Waals surface area contributed by atoms with Crippen molar-refractivity contribution in [2.45, 2.75) is 26.7 Å². The molecule has 0 saturated carbocycles. The average Bonchev–Trinajstić information content (AvgIpc) is 2.56. The minimum atomic E-state index is -1.04. The van der Waals surface area contributed by atoms with Gasteiger partial charge in [0.05, 0.1) is 0 Å². The second-order valence-corrected chi connectivity index (χ2v) is 4.59. The number of amides is 2. The van der Waals surface area contributed by atoms with Gasteiger partial charge in [-0.2, -0.15) is 0 Å². The summed E-state index contributed by atoms with van der Waals surface area (Å²) in [7, 11) is 0. The van der Waals surface area contributed by atoms with Crippen LogP contribution in [0.1, 0.15) is 26.7 Å². The van der Waals surface area contributed by atoms with Crippen LogP contribution in [-0.2, 0) is 0 Å². The lowest BCUT2D eigenvalue weighted by Crippen LogP contribution is -2.06. The molecular weight excluding hydrogens is 308 g/mol. The van der Waals surface area contributed by atoms with Crippen LogP contribution in [0.4, 0.5) is 21.0 Å². The number of unbranched alkanes of at least 4 members (excludes halogenated alkanes) is 1. The van der Waals surface area contributed by atoms with Crippen molar-refractivity contribution in [2.75, 3.05) is 10.6 Å². The van der Waals surface area contributed by atoms with E-state index in [-0.39, 0.29) is 0 Å². The summed E-state index contributed by atoms with van der Waals surface area (Å²) >= 11 is 0. The van der Waals surface area contributed by atoms with Gasteiger partial charge >= 0.3 is 12.2 Å². The first-order chi connectivity index (χ1) is 11.5. The van der Waals surface area contributed by atoms with Gasteiger partial charge in [-0.05, 0) is 24.3 Å². The second kappa shape index (κ2) is 13.6. The molecule has 2 aromatic carbocycles. The second-order valence-electron chi connectivity index (χ2n) is 4.59. The Morgan fingerprint density at radius 1 is 0.708 bits per heavy atom. The monoisotopic (exact) mass is 332 g/mol. The molecule has 6 nitrogen and oxygen atoms in total. The zero-order chi connectivity index (χ0) is 18.2. The van der Waals surface area contributed by atoms with Crippen LogP contribution in [-0.4, -0.2) is 22.4 Å². The summed E-state index contributed by atoms with van der Waals surface area (Å²) in [5.74, 6) is 0. The molecule has 0 unspecified atom stereocenters. The fourth-order valence-electron chi connectivity index (χ4n) is 1.29. The fraction of sp³-hybridized carbons (Fsp3) is 0.222. The maximum Gasteiger partial charge on any atom is 0.409 e. The Balaban J connectivity index is 0.000000363. The van der Waals surface area contributed by atoms with E-state index >= 15 is 0 Å². The molecule has 0 aliphatic heterocycles. The first-order valence-corrected chi connectivity index (χ1v) is 7.59. The summed E-state index contributed by atoms with van der Waals surface area (Å²) < 4.78 is 0. The van der Waals surface area contributed by atoms with E-state index < -0.39 is 12.2 Å². The molecule has 24 heavy (non-hydrogen) atoms. The summed E-state index contributed by atoms with van der Waals surface area (Å²) in [5, 5.41) is 21.0. The van der Waals surface area contributed by atoms with Crippen molar-refractivity contribution in [3.63, 3.8) is 0 Å². The molecule has 0 bridgehead atoms. The van der Waals surface area contributed by atoms with Gasteiger partial charge in [-0.25, -0.2) is 9.59 Å². The van der Waals surface area contributed by atoms with Gasteiger partial charge in [-0.15, -0.1) is 0 Å². The molecule has 0 heterocycles. The number of para-hydroxylation sites is 2. The van der Waals surface area contributed by atoms with Gasteiger partial charge in [-0.1, -0.05) is 63.1 Å². The molecule has 0 radical (unpaired) electrons. The number of nitrogens with one attached hydrogen (secondary N) is 2. The summed E-state index contributed by atoms with van der Waals surface area (Å²) in [6.07, 6.45) is 0.567. The predicted molar refractivity (Wildman–Crippen MR) is 96.8 cm³/mol. The first kappa shape index (κ1) is 21.0. The highest BCUT2D eigenvalue weighted by atomic mass is 16.4. The lowest BCUT2D eigenvalue weighted by atomic mass is 10.3. The van der Waals surface area contributed by atoms with Crippen LogP contribution < -0.4 is 10.6 Å². The highest BCUT2D eigenvalue weighted by Crippen LogP contribution is 2.04. The van der Waals surface area contributed by atoms with Gasteiger partial charge in [0.25, 0.3) is 0 Å². The van der Waals surface area contributed by atoms with Crippen molar-refractivity contribution in [2.24, 2.45) is 0 Å². The van der Waals surface area contributed by atoms with Crippen LogP contribution in [0.15, 0.2) is 60.7 Å². The number of anilines is 2. The summed E-state index contributed by atoms with van der Waals surface area (Å²) in [5.41, 5.74) is 1.19. The third-order valence-corrected chi connectivity index (χ3v) is 2.55. The Hall–Kier alpha value is -3.02. The van der Waals surface area contributed by atoms with Gasteiger partial charge in [0.15, 0.2) is 0 Å². The zero-order valence-corrected chi connectivity index (χ0v) is 13.9. The summed E-state index contributed by atoms with van der Waals surface area (Å²) in [4.78, 5) is 20.1. The molecule has 4 N–H and O–H groups in total. The topological polar surface area (TPSA) is 98.7 Å². The maximum atomic E-state index is 10.1. The van der Waals surface area contributed by atoms with Crippen molar-refractivity contribution >= 4 is 23.6 Å². The van der Waals surface area contributed by atoms with Gasteiger partial charge in [0, 0.05) is 11.4 Å². The molecule has 0 aliphatic carbocycles. The fourth-order valence-corrected chi connectivity index (χ4v) is 1.29. The molecule has 0 aliphatic rings. The standard InChI is InChI=1S/2C7H7NO2.C4H10/c2*9-7(10)8-6-4-2-1-3-5-6;1-3-4-2/h2*1-5,8H,(H,9,10);3-4H2,1-2H3. The van der Waals surface area contributed by atoms with Gasteiger partial charge in [-0.3, -0.25) is 10.6 Å². The van der Waals surface area contributed by atoms with Crippen LogP contribution in [0.2, 0.25) is 0 Å². The van der Waals surface area contributed by atoms with Crippen molar-refractivity contribution in [3.05, 3.63) is 60.7 Å². The molecule has 2 aromatic rings. The molecule has 0 fully saturated rings. The Bertz CT molecular complexity index is 521. The minimum Gasteiger partial charge on any atom is -0.465 e. The van der Waals surface area contributed by atoms with E-state index in [9.17, 15) is 9.59 Å². The van der Waals surface area contributed by atoms with E-state index in [1.54, 1.807) is 48.5 Å². The zero-order valence-electron chi connectivity index (χ0n) is 13.9. The SMILES string of the molecule is CCCC.O=C(O)Nc1ccccc1.O=C(O)Nc1ccccc1. The Kier molecular flexibility index (Phi) is 11.9. The van der Waals surface area contributed by atoms with Crippen LogP contribution in [0.3, 0.4) is 0 Å². The van der Waals surface area contributed by atoms with E-state index in [0.717, 1.165) is 0 Å². The van der Waals surface area contributed by atoms with Crippen molar-refractivity contribution < 1.29 is 19.8 Å². The summed E-state index contributed by atoms with van der Waals surface area (Å²) in [6, 6.07) is 17.5. The van der Waals surface area contributed by atoms with E-state index in [1.165, 1.54) is 12.8 Å². The van der Waals surface area contributed by atoms with Crippen molar-refractivity contribution in [1.29, 1.82) is 0 Å². The molecule has 2 rings (SSSR count). The van der Waals surface area contributed by atoms with Gasteiger partial charge < -0.3 is 10.2 Å². The molecule has 0 saturated heterocycles. The van der Waals surface area contributed by atoms with Gasteiger partial charge in [0.1, 0.15) is 0 Å². The Labute approximate surface area is 142 Å². The average molecular weight is 332 g/mol. The number of hydrogen-bond acceptors (Lipinski definition) is 2. The lowest BCUT2D eigenvalue weighted by Gasteiger charge is -1.96. The number of benzene rings is 2. The van der Waals surface area contributed by atoms with E-state index in [1.807, 2.05) is 12.1 Å². The predicted octanol–water partition coefficient (Wildman–Crippen LogP) is 5.36. The highest BCUT2D eigenvalue weighted by molar-refractivity contribution is 5.83. The highest BCUT2D eigenvalue weighted by Gasteiger charge is 1.93. The Morgan fingerprint density at radius 3 is 1.21 bits per heavy atom. The van der Waals surface area contributed by atoms with Crippen LogP contribution in [0, 0.1) is 0 Å². The third-order valence-electron chi connectivity index (χ3n) is 2.55. The maximum absolute atomic E-state index is 10.1. The molecule has 0 atom stereocenters. The van der Waals surface area contributed by atoms with E-state index in [4.69, 9.17) is 10.2 Å². The molecule has 0 aromatic heterocycles. The van der Waals surface area contributed by atoms with Gasteiger partial charge in [0.2, 0.25) is 0 Å². The van der Waals surface area contributed by atoms with Crippen LogP contribution in [0.25, 0.3) is 0 Å². The van der Waals surface area contributed by atoms with E-state index in [2.05, 4.69) is 24.5 Å².